The molecule has 2 fully saturated rings. The van der Waals surface area contributed by atoms with Gasteiger partial charge in [0.15, 0.2) is 11.5 Å². The minimum absolute atomic E-state index is 0.0378. The summed E-state index contributed by atoms with van der Waals surface area (Å²) in [6, 6.07) is 6.93. The van der Waals surface area contributed by atoms with Gasteiger partial charge >= 0.3 is 6.03 Å². The first-order valence-corrected chi connectivity index (χ1v) is 7.89. The highest BCUT2D eigenvalue weighted by Crippen LogP contribution is 2.29. The fourth-order valence-electron chi connectivity index (χ4n) is 3.27. The van der Waals surface area contributed by atoms with E-state index in [9.17, 15) is 9.59 Å². The second-order valence-electron chi connectivity index (χ2n) is 6.05. The summed E-state index contributed by atoms with van der Waals surface area (Å²) in [4.78, 5) is 30.1. The summed E-state index contributed by atoms with van der Waals surface area (Å²) < 4.78 is 5.85. The number of oxazole rings is 1. The Kier molecular flexibility index (Phi) is 3.40. The van der Waals surface area contributed by atoms with E-state index in [-0.39, 0.29) is 17.9 Å². The molecule has 4 rings (SSSR count). The second kappa shape index (κ2) is 5.57. The van der Waals surface area contributed by atoms with Gasteiger partial charge in [0.25, 0.3) is 0 Å². The maximum absolute atomic E-state index is 12.5. The Bertz CT molecular complexity index is 724. The van der Waals surface area contributed by atoms with Gasteiger partial charge in [0.05, 0.1) is 5.92 Å². The number of para-hydroxylation sites is 2. The van der Waals surface area contributed by atoms with Gasteiger partial charge in [0, 0.05) is 19.6 Å². The molecule has 120 valence electrons. The summed E-state index contributed by atoms with van der Waals surface area (Å²) in [7, 11) is 0. The number of piperidine rings is 1. The Hall–Kier alpha value is -2.57. The van der Waals surface area contributed by atoms with Gasteiger partial charge in [-0.15, -0.1) is 0 Å². The molecule has 0 saturated carbocycles. The van der Waals surface area contributed by atoms with Gasteiger partial charge in [-0.05, 0) is 25.0 Å². The van der Waals surface area contributed by atoms with E-state index in [0.29, 0.717) is 25.5 Å². The third kappa shape index (κ3) is 2.62. The van der Waals surface area contributed by atoms with Crippen molar-refractivity contribution in [1.82, 2.24) is 20.5 Å². The highest BCUT2D eigenvalue weighted by Gasteiger charge is 2.34. The van der Waals surface area contributed by atoms with Crippen molar-refractivity contribution in [1.29, 1.82) is 0 Å². The van der Waals surface area contributed by atoms with E-state index in [2.05, 4.69) is 15.6 Å². The molecule has 2 aliphatic rings. The molecule has 0 aliphatic carbocycles. The fraction of sp³-hybridized carbons (Fsp3) is 0.438. The van der Waals surface area contributed by atoms with E-state index >= 15 is 0 Å². The number of carbonyl (C=O) groups excluding carboxylic acids is 2. The van der Waals surface area contributed by atoms with E-state index in [1.165, 1.54) is 0 Å². The average molecular weight is 314 g/mol. The Labute approximate surface area is 133 Å². The Morgan fingerprint density at radius 3 is 3.00 bits per heavy atom. The van der Waals surface area contributed by atoms with Crippen LogP contribution in [-0.4, -0.2) is 47.5 Å². The Morgan fingerprint density at radius 1 is 1.35 bits per heavy atom. The van der Waals surface area contributed by atoms with Crippen LogP contribution in [0.4, 0.5) is 4.79 Å². The molecule has 0 unspecified atom stereocenters. The predicted octanol–water partition coefficient (Wildman–Crippen LogP) is 1.22. The molecule has 2 atom stereocenters. The number of nitrogens with zero attached hydrogens (tertiary/aromatic N) is 2. The van der Waals surface area contributed by atoms with Crippen LogP contribution in [0.5, 0.6) is 0 Å². The highest BCUT2D eigenvalue weighted by atomic mass is 16.3. The van der Waals surface area contributed by atoms with Gasteiger partial charge in [-0.1, -0.05) is 12.1 Å². The van der Waals surface area contributed by atoms with Gasteiger partial charge in [-0.2, -0.15) is 0 Å². The minimum Gasteiger partial charge on any atom is -0.440 e. The molecule has 0 radical (unpaired) electrons. The molecule has 2 saturated heterocycles. The smallest absolute Gasteiger partial charge is 0.315 e. The highest BCUT2D eigenvalue weighted by molar-refractivity contribution is 5.90. The number of hydrogen-bond acceptors (Lipinski definition) is 4. The van der Waals surface area contributed by atoms with Crippen molar-refractivity contribution in [3.8, 4) is 0 Å². The van der Waals surface area contributed by atoms with Crippen molar-refractivity contribution >= 4 is 23.0 Å². The third-order valence-electron chi connectivity index (χ3n) is 4.46. The first-order valence-electron chi connectivity index (χ1n) is 7.89. The lowest BCUT2D eigenvalue weighted by atomic mass is 9.97. The van der Waals surface area contributed by atoms with Crippen molar-refractivity contribution in [2.75, 3.05) is 19.6 Å². The lowest BCUT2D eigenvalue weighted by molar-refractivity contribution is -0.134. The lowest BCUT2D eigenvalue weighted by Crippen LogP contribution is -2.48. The molecular formula is C16H18N4O3. The van der Waals surface area contributed by atoms with E-state index in [0.717, 1.165) is 23.9 Å². The first kappa shape index (κ1) is 14.0. The standard InChI is InChI=1S/C16H18N4O3/c21-15(12-8-17-16(22)19-12)20-7-3-4-10(9-20)14-18-11-5-1-2-6-13(11)23-14/h1-2,5-6,10,12H,3-4,7-9H2,(H2,17,19,22)/t10-,12-/m0/s1. The number of amides is 3. The van der Waals surface area contributed by atoms with Gasteiger partial charge in [0.2, 0.25) is 5.91 Å². The molecule has 3 amide bonds. The molecule has 23 heavy (non-hydrogen) atoms. The molecule has 1 aromatic heterocycles. The quantitative estimate of drug-likeness (QED) is 0.872. The van der Waals surface area contributed by atoms with Crippen LogP contribution < -0.4 is 10.6 Å². The number of carbonyl (C=O) groups is 2. The van der Waals surface area contributed by atoms with Crippen molar-refractivity contribution in [3.63, 3.8) is 0 Å². The van der Waals surface area contributed by atoms with E-state index in [1.54, 1.807) is 4.90 Å². The van der Waals surface area contributed by atoms with Gasteiger partial charge in [-0.25, -0.2) is 9.78 Å². The molecule has 2 N–H and O–H groups in total. The van der Waals surface area contributed by atoms with Gasteiger partial charge < -0.3 is 20.0 Å². The van der Waals surface area contributed by atoms with Crippen LogP contribution in [0.1, 0.15) is 24.7 Å². The Balaban J connectivity index is 1.50. The van der Waals surface area contributed by atoms with Gasteiger partial charge in [-0.3, -0.25) is 4.79 Å². The number of benzene rings is 1. The molecule has 2 aliphatic heterocycles. The zero-order chi connectivity index (χ0) is 15.8. The number of rotatable bonds is 2. The summed E-state index contributed by atoms with van der Waals surface area (Å²) in [5, 5.41) is 5.27. The van der Waals surface area contributed by atoms with Crippen LogP contribution >= 0.6 is 0 Å². The van der Waals surface area contributed by atoms with E-state index in [4.69, 9.17) is 4.42 Å². The van der Waals surface area contributed by atoms with Crippen molar-refractivity contribution in [2.45, 2.75) is 24.8 Å². The van der Waals surface area contributed by atoms with E-state index < -0.39 is 6.04 Å². The molecule has 7 heteroatoms. The predicted molar refractivity (Wildman–Crippen MR) is 82.9 cm³/mol. The topological polar surface area (TPSA) is 87.5 Å². The number of urea groups is 1. The number of nitrogens with one attached hydrogen (secondary N) is 2. The summed E-state index contributed by atoms with van der Waals surface area (Å²) >= 11 is 0. The first-order chi connectivity index (χ1) is 11.2. The number of fused-ring (bicyclic) bond motifs is 1. The minimum atomic E-state index is -0.468. The lowest BCUT2D eigenvalue weighted by Gasteiger charge is -2.32. The maximum atomic E-state index is 12.5. The van der Waals surface area contributed by atoms with Crippen LogP contribution in [0.3, 0.4) is 0 Å². The monoisotopic (exact) mass is 314 g/mol. The number of hydrogen-bond donors (Lipinski definition) is 2. The van der Waals surface area contributed by atoms with Crippen molar-refractivity contribution in [3.05, 3.63) is 30.2 Å². The molecule has 0 bridgehead atoms. The Morgan fingerprint density at radius 2 is 2.22 bits per heavy atom. The fourth-order valence-corrected chi connectivity index (χ4v) is 3.27. The van der Waals surface area contributed by atoms with Crippen LogP contribution in [0, 0.1) is 0 Å². The third-order valence-corrected chi connectivity index (χ3v) is 4.46. The number of likely N-dealkylation sites (tertiary alicyclic amines) is 1. The number of aromatic nitrogens is 1. The van der Waals surface area contributed by atoms with Crippen LogP contribution in [0.15, 0.2) is 28.7 Å². The molecule has 1 aromatic carbocycles. The SMILES string of the molecule is O=C1NC[C@@H](C(=O)N2CCC[C@H](c3nc4ccccc4o3)C2)N1. The molecule has 0 spiro atoms. The van der Waals surface area contributed by atoms with Gasteiger partial charge in [0.1, 0.15) is 11.6 Å². The summed E-state index contributed by atoms with van der Waals surface area (Å²) in [5.41, 5.74) is 1.62. The zero-order valence-electron chi connectivity index (χ0n) is 12.6. The van der Waals surface area contributed by atoms with Crippen LogP contribution in [0.2, 0.25) is 0 Å². The largest absolute Gasteiger partial charge is 0.440 e. The molecule has 2 aromatic rings. The van der Waals surface area contributed by atoms with E-state index in [1.807, 2.05) is 24.3 Å². The van der Waals surface area contributed by atoms with Crippen LogP contribution in [0.25, 0.3) is 11.1 Å². The van der Waals surface area contributed by atoms with Crippen molar-refractivity contribution < 1.29 is 14.0 Å². The molecule has 7 nitrogen and oxygen atoms in total. The summed E-state index contributed by atoms with van der Waals surface area (Å²) in [5.74, 6) is 0.756. The second-order valence-corrected chi connectivity index (χ2v) is 6.05. The summed E-state index contributed by atoms with van der Waals surface area (Å²) in [6.45, 7) is 1.64. The molecular weight excluding hydrogens is 296 g/mol. The van der Waals surface area contributed by atoms with Crippen LogP contribution in [-0.2, 0) is 4.79 Å². The van der Waals surface area contributed by atoms with Crippen molar-refractivity contribution in [2.24, 2.45) is 0 Å². The average Bonchev–Trinajstić information content (AvgIpc) is 3.20. The summed E-state index contributed by atoms with van der Waals surface area (Å²) in [6.07, 6.45) is 1.86. The maximum Gasteiger partial charge on any atom is 0.315 e. The molecule has 3 heterocycles. The zero-order valence-corrected chi connectivity index (χ0v) is 12.6. The normalized spacial score (nSPS) is 24.5.